The van der Waals surface area contributed by atoms with Gasteiger partial charge in [-0.15, -0.1) is 0 Å². The molecule has 10 nitrogen and oxygen atoms in total. The Morgan fingerprint density at radius 3 is 2.33 bits per heavy atom. The highest BCUT2D eigenvalue weighted by Crippen LogP contribution is 2.45. The SMILES string of the molecule is Cc1c(C)c(S(=O)(=O)NC(N)=NCCC[C@@H](C=O)NC(=O)OCC2c3ccccc3-c3ccccc32)c(C)c2c1OC(C)(C)CC2. The van der Waals surface area contributed by atoms with Gasteiger partial charge < -0.3 is 25.3 Å². The minimum Gasteiger partial charge on any atom is -0.487 e. The number of nitrogens with two attached hydrogens (primary N) is 1. The van der Waals surface area contributed by atoms with Crippen molar-refractivity contribution in [1.82, 2.24) is 10.0 Å². The third-order valence-electron chi connectivity index (χ3n) is 8.94. The standard InChI is InChI=1S/C35H42N4O6S/c1-21-22(2)32(23(3)25-16-17-35(4,5)45-31(21)25)46(42,43)39-33(36)37-18-10-11-24(19-40)38-34(41)44-20-30-28-14-8-6-12-26(28)27-13-7-9-15-29(27)30/h6-9,12-15,19,24,30H,10-11,16-18,20H2,1-5H3,(H,38,41)(H3,36,37,39)/t24-/m0/s1. The van der Waals surface area contributed by atoms with Crippen LogP contribution in [0.5, 0.6) is 5.75 Å². The Balaban J connectivity index is 1.14. The molecule has 0 aromatic heterocycles. The molecule has 11 heteroatoms. The lowest BCUT2D eigenvalue weighted by atomic mass is 9.88. The van der Waals surface area contributed by atoms with Crippen molar-refractivity contribution < 1.29 is 27.5 Å². The van der Waals surface area contributed by atoms with Crippen LogP contribution in [0.1, 0.15) is 72.4 Å². The second kappa shape index (κ2) is 13.2. The number of benzene rings is 3. The smallest absolute Gasteiger partial charge is 0.407 e. The lowest BCUT2D eigenvalue weighted by Crippen LogP contribution is -2.39. The van der Waals surface area contributed by atoms with Crippen LogP contribution < -0.4 is 20.5 Å². The summed E-state index contributed by atoms with van der Waals surface area (Å²) in [5.41, 5.74) is 13.0. The van der Waals surface area contributed by atoms with Crippen molar-refractivity contribution in [3.63, 3.8) is 0 Å². The van der Waals surface area contributed by atoms with Crippen molar-refractivity contribution in [2.24, 2.45) is 10.7 Å². The number of carbonyl (C=O) groups is 2. The molecule has 1 heterocycles. The van der Waals surface area contributed by atoms with Crippen molar-refractivity contribution >= 4 is 28.4 Å². The number of hydrogen-bond donors (Lipinski definition) is 3. The van der Waals surface area contributed by atoms with E-state index in [9.17, 15) is 18.0 Å². The van der Waals surface area contributed by atoms with Crippen molar-refractivity contribution in [2.45, 2.75) is 82.8 Å². The molecule has 3 aromatic rings. The van der Waals surface area contributed by atoms with Crippen LogP contribution >= 0.6 is 0 Å². The zero-order chi connectivity index (χ0) is 33.2. The molecule has 0 spiro atoms. The lowest BCUT2D eigenvalue weighted by Gasteiger charge is -2.35. The van der Waals surface area contributed by atoms with Gasteiger partial charge in [-0.1, -0.05) is 48.5 Å². The molecule has 46 heavy (non-hydrogen) atoms. The Morgan fingerprint density at radius 2 is 1.70 bits per heavy atom. The van der Waals surface area contributed by atoms with E-state index in [1.807, 2.05) is 57.2 Å². The third-order valence-corrected chi connectivity index (χ3v) is 10.6. The second-order valence-electron chi connectivity index (χ2n) is 12.6. The highest BCUT2D eigenvalue weighted by atomic mass is 32.2. The molecule has 1 atom stereocenters. The van der Waals surface area contributed by atoms with Gasteiger partial charge in [-0.2, -0.15) is 0 Å². The van der Waals surface area contributed by atoms with E-state index >= 15 is 0 Å². The van der Waals surface area contributed by atoms with Gasteiger partial charge in [-0.25, -0.2) is 17.9 Å². The molecule has 2 aliphatic rings. The molecule has 0 saturated carbocycles. The van der Waals surface area contributed by atoms with Gasteiger partial charge in [-0.05, 0) is 105 Å². The van der Waals surface area contributed by atoms with Crippen LogP contribution in [0.15, 0.2) is 58.4 Å². The summed E-state index contributed by atoms with van der Waals surface area (Å²) >= 11 is 0. The number of amides is 1. The predicted molar refractivity (Wildman–Crippen MR) is 178 cm³/mol. The number of alkyl carbamates (subject to hydrolysis) is 1. The van der Waals surface area contributed by atoms with Crippen LogP contribution in [0, 0.1) is 20.8 Å². The Kier molecular flexibility index (Phi) is 9.44. The second-order valence-corrected chi connectivity index (χ2v) is 14.2. The number of fused-ring (bicyclic) bond motifs is 4. The lowest BCUT2D eigenvalue weighted by molar-refractivity contribution is -0.109. The molecule has 0 bridgehead atoms. The van der Waals surface area contributed by atoms with Gasteiger partial charge in [0, 0.05) is 12.5 Å². The topological polar surface area (TPSA) is 149 Å². The van der Waals surface area contributed by atoms with Crippen LogP contribution in [-0.2, 0) is 26.0 Å². The highest BCUT2D eigenvalue weighted by Gasteiger charge is 2.34. The molecule has 3 aromatic carbocycles. The number of nitrogens with zero attached hydrogens (tertiary/aromatic N) is 1. The van der Waals surface area contributed by atoms with Gasteiger partial charge in [-0.3, -0.25) is 4.99 Å². The van der Waals surface area contributed by atoms with E-state index < -0.39 is 22.2 Å². The van der Waals surface area contributed by atoms with Gasteiger partial charge >= 0.3 is 6.09 Å². The Morgan fingerprint density at radius 1 is 1.07 bits per heavy atom. The summed E-state index contributed by atoms with van der Waals surface area (Å²) in [7, 11) is -4.02. The van der Waals surface area contributed by atoms with Crippen LogP contribution in [0.2, 0.25) is 0 Å². The number of rotatable bonds is 10. The molecule has 4 N–H and O–H groups in total. The van der Waals surface area contributed by atoms with E-state index in [1.165, 1.54) is 0 Å². The maximum atomic E-state index is 13.4. The molecule has 0 saturated heterocycles. The normalized spacial score (nSPS) is 16.0. The van der Waals surface area contributed by atoms with Crippen LogP contribution in [0.3, 0.4) is 0 Å². The van der Waals surface area contributed by atoms with E-state index in [4.69, 9.17) is 15.2 Å². The molecule has 1 amide bonds. The Labute approximate surface area is 270 Å². The first kappa shape index (κ1) is 33.0. The van der Waals surface area contributed by atoms with Crippen LogP contribution in [-0.4, -0.2) is 51.6 Å². The molecule has 0 fully saturated rings. The van der Waals surface area contributed by atoms with E-state index in [2.05, 4.69) is 27.2 Å². The average Bonchev–Trinajstić information content (AvgIpc) is 3.33. The number of hydrogen-bond acceptors (Lipinski definition) is 7. The van der Waals surface area contributed by atoms with E-state index in [0.29, 0.717) is 30.3 Å². The fourth-order valence-electron chi connectivity index (χ4n) is 6.45. The van der Waals surface area contributed by atoms with E-state index in [0.717, 1.165) is 45.6 Å². The quantitative estimate of drug-likeness (QED) is 0.119. The molecule has 1 aliphatic carbocycles. The monoisotopic (exact) mass is 646 g/mol. The number of aliphatic imine (C=N–C) groups is 1. The fourth-order valence-corrected chi connectivity index (χ4v) is 7.97. The minimum absolute atomic E-state index is 0.0906. The van der Waals surface area contributed by atoms with Gasteiger partial charge in [0.15, 0.2) is 0 Å². The number of nitrogens with one attached hydrogen (secondary N) is 2. The van der Waals surface area contributed by atoms with Crippen LogP contribution in [0.25, 0.3) is 11.1 Å². The summed E-state index contributed by atoms with van der Waals surface area (Å²) in [6.45, 7) is 9.76. The molecule has 5 rings (SSSR count). The predicted octanol–water partition coefficient (Wildman–Crippen LogP) is 5.19. The molecular formula is C35H42N4O6S. The summed E-state index contributed by atoms with van der Waals surface area (Å²) in [5, 5.41) is 2.60. The summed E-state index contributed by atoms with van der Waals surface area (Å²) in [6, 6.07) is 15.3. The number of aldehydes is 1. The zero-order valence-electron chi connectivity index (χ0n) is 27.0. The Bertz CT molecular complexity index is 1760. The zero-order valence-corrected chi connectivity index (χ0v) is 27.8. The van der Waals surface area contributed by atoms with Gasteiger partial charge in [0.1, 0.15) is 24.2 Å². The van der Waals surface area contributed by atoms with E-state index in [1.54, 1.807) is 13.8 Å². The summed E-state index contributed by atoms with van der Waals surface area (Å²) in [6.07, 6.45) is 2.09. The first-order valence-corrected chi connectivity index (χ1v) is 17.0. The largest absolute Gasteiger partial charge is 0.487 e. The minimum atomic E-state index is -4.02. The number of guanidine groups is 1. The first-order chi connectivity index (χ1) is 21.8. The fraction of sp³-hybridized carbons (Fsp3) is 0.400. The Hall–Kier alpha value is -4.38. The van der Waals surface area contributed by atoms with Gasteiger partial charge in [0.05, 0.1) is 10.9 Å². The molecule has 0 radical (unpaired) electrons. The number of ether oxygens (including phenoxy) is 2. The molecule has 244 valence electrons. The third kappa shape index (κ3) is 6.74. The first-order valence-electron chi connectivity index (χ1n) is 15.5. The van der Waals surface area contributed by atoms with Gasteiger partial charge in [0.2, 0.25) is 5.96 Å². The number of carbonyl (C=O) groups excluding carboxylic acids is 2. The van der Waals surface area contributed by atoms with Crippen molar-refractivity contribution in [3.8, 4) is 16.9 Å². The van der Waals surface area contributed by atoms with Crippen LogP contribution in [0.4, 0.5) is 4.79 Å². The van der Waals surface area contributed by atoms with Crippen molar-refractivity contribution in [3.05, 3.63) is 81.9 Å². The molecular weight excluding hydrogens is 604 g/mol. The summed E-state index contributed by atoms with van der Waals surface area (Å²) in [5.74, 6) is 0.411. The maximum absolute atomic E-state index is 13.4. The average molecular weight is 647 g/mol. The van der Waals surface area contributed by atoms with Crippen molar-refractivity contribution in [2.75, 3.05) is 13.2 Å². The maximum Gasteiger partial charge on any atom is 0.407 e. The van der Waals surface area contributed by atoms with E-state index in [-0.39, 0.29) is 41.9 Å². The summed E-state index contributed by atoms with van der Waals surface area (Å²) in [4.78, 5) is 28.6. The van der Waals surface area contributed by atoms with Gasteiger partial charge in [0.25, 0.3) is 10.0 Å². The van der Waals surface area contributed by atoms with Crippen molar-refractivity contribution in [1.29, 1.82) is 0 Å². The summed E-state index contributed by atoms with van der Waals surface area (Å²) < 4.78 is 41.0. The highest BCUT2D eigenvalue weighted by molar-refractivity contribution is 7.90. The molecule has 0 unspecified atom stereocenters. The number of sulfonamides is 1. The molecule has 1 aliphatic heterocycles.